The number of benzene rings is 1. The molecule has 2 aromatic rings. The maximum Gasteiger partial charge on any atom is 0.168 e. The van der Waals surface area contributed by atoms with Gasteiger partial charge >= 0.3 is 0 Å². The van der Waals surface area contributed by atoms with Crippen molar-refractivity contribution in [1.82, 2.24) is 15.1 Å². The lowest BCUT2D eigenvalue weighted by Gasteiger charge is -2.24. The van der Waals surface area contributed by atoms with Crippen LogP contribution in [0, 0.1) is 6.92 Å². The first-order valence-electron chi connectivity index (χ1n) is 7.34. The minimum atomic E-state index is 0.418. The van der Waals surface area contributed by atoms with Crippen LogP contribution in [-0.2, 0) is 0 Å². The zero-order valence-corrected chi connectivity index (χ0v) is 12.5. The molecule has 1 unspecified atom stereocenters. The molecule has 5 heteroatoms. The summed E-state index contributed by atoms with van der Waals surface area (Å²) in [4.78, 5) is 0. The molecule has 0 aliphatic carbocycles. The van der Waals surface area contributed by atoms with E-state index in [2.05, 4.69) is 22.0 Å². The van der Waals surface area contributed by atoms with Gasteiger partial charge in [-0.25, -0.2) is 0 Å². The van der Waals surface area contributed by atoms with Crippen LogP contribution in [0.15, 0.2) is 30.5 Å². The van der Waals surface area contributed by atoms with Gasteiger partial charge < -0.3 is 14.8 Å². The summed E-state index contributed by atoms with van der Waals surface area (Å²) in [6.45, 7) is 4.13. The van der Waals surface area contributed by atoms with Crippen LogP contribution >= 0.6 is 0 Å². The molecule has 1 fully saturated rings. The molecular weight excluding hydrogens is 266 g/mol. The summed E-state index contributed by atoms with van der Waals surface area (Å²) < 4.78 is 13.2. The quantitative estimate of drug-likeness (QED) is 0.939. The maximum atomic E-state index is 5.94. The predicted molar refractivity (Wildman–Crippen MR) is 81.2 cm³/mol. The first-order valence-corrected chi connectivity index (χ1v) is 7.34. The van der Waals surface area contributed by atoms with Gasteiger partial charge in [-0.1, -0.05) is 6.07 Å². The number of nitrogens with zero attached hydrogens (tertiary/aromatic N) is 2. The highest BCUT2D eigenvalue weighted by Gasteiger charge is 2.19. The number of ether oxygens (including phenoxy) is 2. The first kappa shape index (κ1) is 13.9. The molecule has 0 bridgehead atoms. The molecule has 3 rings (SSSR count). The summed E-state index contributed by atoms with van der Waals surface area (Å²) in [5, 5.41) is 7.91. The zero-order chi connectivity index (χ0) is 14.7. The molecular formula is C16H21N3O2. The summed E-state index contributed by atoms with van der Waals surface area (Å²) in [7, 11) is 1.65. The van der Waals surface area contributed by atoms with Crippen molar-refractivity contribution in [2.24, 2.45) is 0 Å². The van der Waals surface area contributed by atoms with Crippen molar-refractivity contribution in [3.05, 3.63) is 36.2 Å². The predicted octanol–water partition coefficient (Wildman–Crippen LogP) is 2.92. The fourth-order valence-electron chi connectivity index (χ4n) is 2.71. The summed E-state index contributed by atoms with van der Waals surface area (Å²) >= 11 is 0. The Bertz CT molecular complexity index is 603. The van der Waals surface area contributed by atoms with Crippen LogP contribution in [0.5, 0.6) is 17.2 Å². The van der Waals surface area contributed by atoms with Crippen LogP contribution < -0.4 is 14.8 Å². The molecule has 0 spiro atoms. The Balaban J connectivity index is 1.78. The molecule has 0 amide bonds. The van der Waals surface area contributed by atoms with E-state index in [4.69, 9.17) is 9.47 Å². The second-order valence-electron chi connectivity index (χ2n) is 5.32. The number of hydrogen-bond acceptors (Lipinski definition) is 4. The van der Waals surface area contributed by atoms with E-state index in [-0.39, 0.29) is 0 Å². The van der Waals surface area contributed by atoms with Crippen LogP contribution in [0.4, 0.5) is 0 Å². The van der Waals surface area contributed by atoms with Gasteiger partial charge in [-0.15, -0.1) is 0 Å². The van der Waals surface area contributed by atoms with Gasteiger partial charge in [0.2, 0.25) is 0 Å². The molecule has 1 aromatic heterocycles. The van der Waals surface area contributed by atoms with Gasteiger partial charge in [0, 0.05) is 12.6 Å². The minimum Gasteiger partial charge on any atom is -0.497 e. The summed E-state index contributed by atoms with van der Waals surface area (Å²) in [5.41, 5.74) is 1.06. The van der Waals surface area contributed by atoms with Gasteiger partial charge in [0.15, 0.2) is 5.75 Å². The summed E-state index contributed by atoms with van der Waals surface area (Å²) in [6.07, 6.45) is 4.15. The van der Waals surface area contributed by atoms with Crippen LogP contribution in [-0.4, -0.2) is 30.0 Å². The summed E-state index contributed by atoms with van der Waals surface area (Å²) in [6, 6.07) is 8.03. The van der Waals surface area contributed by atoms with Crippen LogP contribution in [0.2, 0.25) is 0 Å². The van der Waals surface area contributed by atoms with Gasteiger partial charge in [-0.05, 0) is 38.4 Å². The highest BCUT2D eigenvalue weighted by molar-refractivity contribution is 5.37. The van der Waals surface area contributed by atoms with Crippen molar-refractivity contribution in [3.8, 4) is 17.2 Å². The molecule has 21 heavy (non-hydrogen) atoms. The highest BCUT2D eigenvalue weighted by Crippen LogP contribution is 2.29. The van der Waals surface area contributed by atoms with Gasteiger partial charge in [0.1, 0.15) is 11.5 Å². The minimum absolute atomic E-state index is 0.418. The van der Waals surface area contributed by atoms with Gasteiger partial charge in [0.05, 0.1) is 25.0 Å². The van der Waals surface area contributed by atoms with E-state index in [0.717, 1.165) is 42.5 Å². The van der Waals surface area contributed by atoms with E-state index in [9.17, 15) is 0 Å². The number of hydrogen-bond donors (Lipinski definition) is 1. The second kappa shape index (κ2) is 6.18. The van der Waals surface area contributed by atoms with Crippen molar-refractivity contribution >= 4 is 0 Å². The van der Waals surface area contributed by atoms with Crippen molar-refractivity contribution < 1.29 is 9.47 Å². The highest BCUT2D eigenvalue weighted by atomic mass is 16.5. The number of nitrogens with one attached hydrogen (secondary N) is 1. The summed E-state index contributed by atoms with van der Waals surface area (Å²) in [5.74, 6) is 2.35. The Morgan fingerprint density at radius 3 is 2.95 bits per heavy atom. The molecule has 1 N–H and O–H groups in total. The first-order chi connectivity index (χ1) is 10.3. The second-order valence-corrected chi connectivity index (χ2v) is 5.32. The Hall–Kier alpha value is -2.01. The lowest BCUT2D eigenvalue weighted by atomic mass is 10.1. The Morgan fingerprint density at radius 1 is 1.33 bits per heavy atom. The van der Waals surface area contributed by atoms with Crippen LogP contribution in [0.25, 0.3) is 0 Å². The third kappa shape index (κ3) is 3.03. The monoisotopic (exact) mass is 287 g/mol. The molecule has 1 aromatic carbocycles. The number of aromatic nitrogens is 2. The fraction of sp³-hybridized carbons (Fsp3) is 0.438. The third-order valence-electron chi connectivity index (χ3n) is 3.89. The molecule has 0 radical (unpaired) electrons. The van der Waals surface area contributed by atoms with Crippen LogP contribution in [0.1, 0.15) is 24.6 Å². The van der Waals surface area contributed by atoms with E-state index >= 15 is 0 Å². The average Bonchev–Trinajstić information content (AvgIpc) is 2.89. The number of methoxy groups -OCH3 is 1. The maximum absolute atomic E-state index is 5.94. The molecule has 5 nitrogen and oxygen atoms in total. The Labute approximate surface area is 124 Å². The van der Waals surface area contributed by atoms with E-state index in [1.165, 1.54) is 6.42 Å². The average molecular weight is 287 g/mol. The van der Waals surface area contributed by atoms with E-state index in [0.29, 0.717) is 6.04 Å². The van der Waals surface area contributed by atoms with E-state index < -0.39 is 0 Å². The fourth-order valence-corrected chi connectivity index (χ4v) is 2.71. The topological polar surface area (TPSA) is 48.3 Å². The largest absolute Gasteiger partial charge is 0.497 e. The molecule has 1 aliphatic heterocycles. The van der Waals surface area contributed by atoms with Crippen LogP contribution in [0.3, 0.4) is 0 Å². The van der Waals surface area contributed by atoms with Crippen molar-refractivity contribution in [2.45, 2.75) is 25.8 Å². The lowest BCUT2D eigenvalue weighted by molar-refractivity contribution is 0.340. The van der Waals surface area contributed by atoms with Crippen molar-refractivity contribution in [1.29, 1.82) is 0 Å². The van der Waals surface area contributed by atoms with Gasteiger partial charge in [0.25, 0.3) is 0 Å². The molecule has 2 heterocycles. The molecule has 1 saturated heterocycles. The standard InChI is InChI=1S/C16H21N3O2/c1-12-16(21-15-7-3-6-14(9-15)20-2)11-18-19(12)13-5-4-8-17-10-13/h3,6-7,9,11,13,17H,4-5,8,10H2,1-2H3. The SMILES string of the molecule is COc1cccc(Oc2cnn(C3CCCNC3)c2C)c1. The molecule has 1 aliphatic rings. The molecule has 112 valence electrons. The normalized spacial score (nSPS) is 18.5. The Kier molecular flexibility index (Phi) is 4.10. The zero-order valence-electron chi connectivity index (χ0n) is 12.5. The Morgan fingerprint density at radius 2 is 2.19 bits per heavy atom. The molecule has 0 saturated carbocycles. The van der Waals surface area contributed by atoms with E-state index in [1.54, 1.807) is 13.3 Å². The smallest absolute Gasteiger partial charge is 0.168 e. The molecule has 1 atom stereocenters. The number of rotatable bonds is 4. The van der Waals surface area contributed by atoms with Gasteiger partial charge in [-0.3, -0.25) is 4.68 Å². The van der Waals surface area contributed by atoms with Crippen molar-refractivity contribution in [3.63, 3.8) is 0 Å². The third-order valence-corrected chi connectivity index (χ3v) is 3.89. The van der Waals surface area contributed by atoms with Gasteiger partial charge in [-0.2, -0.15) is 5.10 Å². The van der Waals surface area contributed by atoms with E-state index in [1.807, 2.05) is 24.3 Å². The number of piperidine rings is 1. The van der Waals surface area contributed by atoms with Crippen molar-refractivity contribution in [2.75, 3.05) is 20.2 Å². The lowest BCUT2D eigenvalue weighted by Crippen LogP contribution is -2.32.